The van der Waals surface area contributed by atoms with Crippen LogP contribution in [-0.2, 0) is 14.8 Å². The van der Waals surface area contributed by atoms with Crippen molar-refractivity contribution >= 4 is 25.3 Å². The Morgan fingerprint density at radius 3 is 2.33 bits per heavy atom. The summed E-state index contributed by atoms with van der Waals surface area (Å²) in [5.74, 6) is -0.265. The molecular formula is C9H22N3O4PS. The van der Waals surface area contributed by atoms with E-state index in [0.29, 0.717) is 0 Å². The van der Waals surface area contributed by atoms with E-state index in [1.54, 1.807) is 13.8 Å². The number of nitrogens with zero attached hydrogens (tertiary/aromatic N) is 1. The van der Waals surface area contributed by atoms with E-state index in [1.165, 1.54) is 7.05 Å². The van der Waals surface area contributed by atoms with Crippen LogP contribution in [0.15, 0.2) is 0 Å². The molecule has 0 aliphatic rings. The van der Waals surface area contributed by atoms with E-state index in [4.69, 9.17) is 0 Å². The summed E-state index contributed by atoms with van der Waals surface area (Å²) in [6, 6.07) is -0.945. The van der Waals surface area contributed by atoms with Crippen LogP contribution in [0.5, 0.6) is 0 Å². The van der Waals surface area contributed by atoms with Gasteiger partial charge in [-0.1, -0.05) is 9.39 Å². The van der Waals surface area contributed by atoms with Crippen LogP contribution in [0.1, 0.15) is 13.8 Å². The molecule has 1 amide bonds. The molecule has 3 N–H and O–H groups in total. The first-order valence-electron chi connectivity index (χ1n) is 5.45. The predicted molar refractivity (Wildman–Crippen MR) is 73.4 cm³/mol. The Hall–Kier alpha value is -0.270. The molecule has 0 rings (SSSR count). The lowest BCUT2D eigenvalue weighted by Gasteiger charge is -2.25. The van der Waals surface area contributed by atoms with Crippen molar-refractivity contribution in [2.75, 3.05) is 19.8 Å². The maximum atomic E-state index is 11.5. The third-order valence-corrected chi connectivity index (χ3v) is 4.38. The van der Waals surface area contributed by atoms with Crippen molar-refractivity contribution in [1.29, 1.82) is 0 Å². The van der Waals surface area contributed by atoms with Crippen LogP contribution < -0.4 is 10.4 Å². The van der Waals surface area contributed by atoms with Gasteiger partial charge < -0.3 is 10.4 Å². The molecule has 0 heterocycles. The quantitative estimate of drug-likeness (QED) is 0.498. The van der Waals surface area contributed by atoms with E-state index >= 15 is 0 Å². The summed E-state index contributed by atoms with van der Waals surface area (Å²) in [4.78, 5) is 11.5. The zero-order chi connectivity index (χ0) is 14.5. The van der Waals surface area contributed by atoms with E-state index in [9.17, 15) is 18.3 Å². The van der Waals surface area contributed by atoms with Gasteiger partial charge in [-0.05, 0) is 13.8 Å². The molecule has 0 saturated carbocycles. The second-order valence-corrected chi connectivity index (χ2v) is 6.72. The fourth-order valence-electron chi connectivity index (χ4n) is 1.08. The highest BCUT2D eigenvalue weighted by molar-refractivity contribution is 7.88. The lowest BCUT2D eigenvalue weighted by atomic mass is 10.1. The summed E-state index contributed by atoms with van der Waals surface area (Å²) >= 11 is 0. The van der Waals surface area contributed by atoms with E-state index < -0.39 is 28.2 Å². The molecule has 0 spiro atoms. The lowest BCUT2D eigenvalue weighted by Crippen LogP contribution is -2.50. The summed E-state index contributed by atoms with van der Waals surface area (Å²) in [5.41, 5.74) is 0. The Morgan fingerprint density at radius 1 is 1.44 bits per heavy atom. The van der Waals surface area contributed by atoms with Crippen molar-refractivity contribution in [3.05, 3.63) is 0 Å². The third kappa shape index (κ3) is 6.06. The number of likely N-dealkylation sites (N-methyl/N-ethyl adjacent to an activating group) is 1. The van der Waals surface area contributed by atoms with Crippen molar-refractivity contribution in [3.63, 3.8) is 0 Å². The number of amides is 1. The van der Waals surface area contributed by atoms with Crippen LogP contribution in [-0.4, -0.2) is 61.8 Å². The van der Waals surface area contributed by atoms with Gasteiger partial charge in [0.15, 0.2) is 0 Å². The Labute approximate surface area is 111 Å². The molecule has 0 saturated heterocycles. The molecule has 0 aromatic carbocycles. The van der Waals surface area contributed by atoms with Gasteiger partial charge >= 0.3 is 0 Å². The lowest BCUT2D eigenvalue weighted by molar-refractivity contribution is -0.123. The van der Waals surface area contributed by atoms with E-state index in [1.807, 2.05) is 0 Å². The molecule has 4 atom stereocenters. The Kier molecular flexibility index (Phi) is 7.24. The van der Waals surface area contributed by atoms with Gasteiger partial charge in [-0.3, -0.25) is 9.88 Å². The highest BCUT2D eigenvalue weighted by Crippen LogP contribution is 2.01. The van der Waals surface area contributed by atoms with Crippen LogP contribution >= 0.6 is 9.39 Å². The Morgan fingerprint density at radius 2 is 1.94 bits per heavy atom. The molecule has 18 heavy (non-hydrogen) atoms. The number of carbonyl (C=O) groups is 1. The molecular weight excluding hydrogens is 277 g/mol. The van der Waals surface area contributed by atoms with Gasteiger partial charge in [0.2, 0.25) is 15.9 Å². The van der Waals surface area contributed by atoms with Crippen LogP contribution in [0.25, 0.3) is 0 Å². The second kappa shape index (κ2) is 7.35. The van der Waals surface area contributed by atoms with Gasteiger partial charge in [0.25, 0.3) is 0 Å². The maximum absolute atomic E-state index is 11.5. The first-order chi connectivity index (χ1) is 8.09. The predicted octanol–water partition coefficient (Wildman–Crippen LogP) is -1.49. The van der Waals surface area contributed by atoms with Gasteiger partial charge in [0.1, 0.15) is 0 Å². The average molecular weight is 299 g/mol. The molecule has 0 aliphatic carbocycles. The maximum Gasteiger partial charge on any atom is 0.237 e. The SMILES string of the molecule is CC(NP)C(=O)NC(C)C(O)CN(C)S(C)(=O)=O. The minimum absolute atomic E-state index is 0.0665. The van der Waals surface area contributed by atoms with Gasteiger partial charge in [0, 0.05) is 13.6 Å². The molecule has 0 bridgehead atoms. The normalized spacial score (nSPS) is 17.3. The number of aliphatic hydroxyl groups excluding tert-OH is 1. The summed E-state index contributed by atoms with van der Waals surface area (Å²) in [6.45, 7) is 3.22. The minimum Gasteiger partial charge on any atom is -0.390 e. The van der Waals surface area contributed by atoms with Crippen molar-refractivity contribution < 1.29 is 18.3 Å². The summed E-state index contributed by atoms with van der Waals surface area (Å²) in [5, 5.41) is 15.1. The van der Waals surface area contributed by atoms with Gasteiger partial charge in [-0.2, -0.15) is 0 Å². The summed E-state index contributed by atoms with van der Waals surface area (Å²) in [7, 11) is 0.269. The smallest absolute Gasteiger partial charge is 0.237 e. The van der Waals surface area contributed by atoms with Crippen LogP contribution in [0, 0.1) is 0 Å². The number of hydrogen-bond donors (Lipinski definition) is 3. The molecule has 9 heteroatoms. The van der Waals surface area contributed by atoms with Gasteiger partial charge in [0.05, 0.1) is 24.4 Å². The zero-order valence-electron chi connectivity index (χ0n) is 11.0. The topological polar surface area (TPSA) is 98.7 Å². The van der Waals surface area contributed by atoms with Crippen molar-refractivity contribution in [2.45, 2.75) is 32.0 Å². The fourth-order valence-corrected chi connectivity index (χ4v) is 1.65. The van der Waals surface area contributed by atoms with E-state index in [-0.39, 0.29) is 12.5 Å². The van der Waals surface area contributed by atoms with Crippen molar-refractivity contribution in [1.82, 2.24) is 14.7 Å². The molecule has 4 unspecified atom stereocenters. The fraction of sp³-hybridized carbons (Fsp3) is 0.889. The van der Waals surface area contributed by atoms with Crippen LogP contribution in [0.3, 0.4) is 0 Å². The number of aliphatic hydroxyl groups is 1. The number of sulfonamides is 1. The second-order valence-electron chi connectivity index (χ2n) is 4.30. The van der Waals surface area contributed by atoms with E-state index in [2.05, 4.69) is 19.8 Å². The van der Waals surface area contributed by atoms with Gasteiger partial charge in [-0.15, -0.1) is 0 Å². The summed E-state index contributed by atoms with van der Waals surface area (Å²) in [6.07, 6.45) is 0.0916. The Balaban J connectivity index is 4.36. The van der Waals surface area contributed by atoms with Crippen LogP contribution in [0.2, 0.25) is 0 Å². The van der Waals surface area contributed by atoms with Crippen molar-refractivity contribution in [3.8, 4) is 0 Å². The monoisotopic (exact) mass is 299 g/mol. The van der Waals surface area contributed by atoms with Gasteiger partial charge in [-0.25, -0.2) is 12.7 Å². The average Bonchev–Trinajstić information content (AvgIpc) is 2.26. The standard InChI is InChI=1S/C9H22N3O4PS/c1-6(10-9(14)7(2)11-17)8(13)5-12(3)18(4,15)16/h6-8,11,13H,5,17H2,1-4H3,(H,10,14). The molecule has 7 nitrogen and oxygen atoms in total. The largest absolute Gasteiger partial charge is 0.390 e. The summed E-state index contributed by atoms with van der Waals surface area (Å²) < 4.78 is 23.4. The Bertz CT molecular complexity index is 376. The number of nitrogens with one attached hydrogen (secondary N) is 2. The van der Waals surface area contributed by atoms with Crippen molar-refractivity contribution in [2.24, 2.45) is 0 Å². The molecule has 108 valence electrons. The molecule has 0 radical (unpaired) electrons. The minimum atomic E-state index is -3.34. The zero-order valence-corrected chi connectivity index (χ0v) is 13.0. The molecule has 0 aromatic rings. The highest BCUT2D eigenvalue weighted by atomic mass is 32.2. The number of rotatable bonds is 7. The molecule has 0 aromatic heterocycles. The first-order valence-corrected chi connectivity index (χ1v) is 7.88. The number of carbonyl (C=O) groups excluding carboxylic acids is 1. The molecule has 0 fully saturated rings. The van der Waals surface area contributed by atoms with E-state index in [0.717, 1.165) is 10.6 Å². The highest BCUT2D eigenvalue weighted by Gasteiger charge is 2.23. The van der Waals surface area contributed by atoms with Crippen LogP contribution in [0.4, 0.5) is 0 Å². The first kappa shape index (κ1) is 17.7. The molecule has 0 aliphatic heterocycles. The third-order valence-electron chi connectivity index (χ3n) is 2.60. The number of hydrogen-bond acceptors (Lipinski definition) is 5.